The number of rotatable bonds is 6. The minimum absolute atomic E-state index is 0.135. The van der Waals surface area contributed by atoms with Crippen molar-refractivity contribution in [2.45, 2.75) is 31.9 Å². The van der Waals surface area contributed by atoms with E-state index in [0.717, 1.165) is 47.6 Å². The highest BCUT2D eigenvalue weighted by atomic mass is 35.5. The topological polar surface area (TPSA) is 72.7 Å². The van der Waals surface area contributed by atoms with E-state index in [2.05, 4.69) is 15.4 Å². The molecule has 2 aromatic carbocycles. The van der Waals surface area contributed by atoms with Gasteiger partial charge in [0.25, 0.3) is 5.89 Å². The average molecular weight is 497 g/mol. The first-order valence-electron chi connectivity index (χ1n) is 11.2. The summed E-state index contributed by atoms with van der Waals surface area (Å²) in [7, 11) is 1.63. The van der Waals surface area contributed by atoms with E-state index in [9.17, 15) is 0 Å². The molecule has 7 nitrogen and oxygen atoms in total. The van der Waals surface area contributed by atoms with Gasteiger partial charge in [-0.1, -0.05) is 28.9 Å². The summed E-state index contributed by atoms with van der Waals surface area (Å²) < 4.78 is 16.9. The van der Waals surface area contributed by atoms with Crippen LogP contribution in [0.4, 0.5) is 0 Å². The van der Waals surface area contributed by atoms with E-state index in [1.807, 2.05) is 55.5 Å². The monoisotopic (exact) mass is 496 g/mol. The summed E-state index contributed by atoms with van der Waals surface area (Å²) >= 11 is 12.1. The maximum Gasteiger partial charge on any atom is 0.258 e. The first kappa shape index (κ1) is 22.8. The third kappa shape index (κ3) is 4.53. The molecule has 176 valence electrons. The van der Waals surface area contributed by atoms with E-state index in [4.69, 9.17) is 42.8 Å². The Kier molecular flexibility index (Phi) is 6.54. The number of nitrogens with one attached hydrogen (secondary N) is 1. The van der Waals surface area contributed by atoms with Crippen LogP contribution in [0, 0.1) is 0 Å². The number of hydrogen-bond donors (Lipinski definition) is 1. The van der Waals surface area contributed by atoms with Crippen LogP contribution in [0.1, 0.15) is 37.3 Å². The Morgan fingerprint density at radius 1 is 1.24 bits per heavy atom. The lowest BCUT2D eigenvalue weighted by atomic mass is 9.94. The molecule has 0 bridgehead atoms. The fourth-order valence-corrected chi connectivity index (χ4v) is 4.92. The summed E-state index contributed by atoms with van der Waals surface area (Å²) in [6.07, 6.45) is 2.21. The zero-order valence-corrected chi connectivity index (χ0v) is 20.5. The van der Waals surface area contributed by atoms with Crippen LogP contribution in [0.5, 0.6) is 5.75 Å². The molecule has 0 spiro atoms. The van der Waals surface area contributed by atoms with Gasteiger partial charge in [0.2, 0.25) is 5.82 Å². The van der Waals surface area contributed by atoms with Crippen molar-refractivity contribution < 1.29 is 14.0 Å². The molecule has 2 aliphatic heterocycles. The van der Waals surface area contributed by atoms with Crippen LogP contribution < -0.4 is 10.1 Å². The SMILES string of the molecule is COc1ccc(-c2noc(C3=C(C)N(CC4CCCO4)C(=S)NC3c3cccc(Cl)c3)n2)cc1. The normalized spacial score (nSPS) is 20.6. The molecule has 2 unspecified atom stereocenters. The first-order chi connectivity index (χ1) is 16.5. The first-order valence-corrected chi connectivity index (χ1v) is 12.0. The number of thiocarbonyl (C=S) groups is 1. The molecule has 0 aliphatic carbocycles. The van der Waals surface area contributed by atoms with E-state index in [1.54, 1.807) is 7.11 Å². The number of allylic oxidation sites excluding steroid dienone is 1. The summed E-state index contributed by atoms with van der Waals surface area (Å²) in [5, 5.41) is 9.00. The van der Waals surface area contributed by atoms with Crippen molar-refractivity contribution in [1.29, 1.82) is 0 Å². The smallest absolute Gasteiger partial charge is 0.258 e. The number of ether oxygens (including phenoxy) is 2. The molecular formula is C25H25ClN4O3S. The van der Waals surface area contributed by atoms with Crippen molar-refractivity contribution in [3.63, 3.8) is 0 Å². The van der Waals surface area contributed by atoms with Crippen LogP contribution in [-0.4, -0.2) is 46.5 Å². The van der Waals surface area contributed by atoms with Crippen LogP contribution >= 0.6 is 23.8 Å². The molecule has 0 saturated carbocycles. The molecule has 2 atom stereocenters. The Balaban J connectivity index is 1.55. The maximum atomic E-state index is 6.32. The van der Waals surface area contributed by atoms with Gasteiger partial charge in [-0.05, 0) is 73.9 Å². The van der Waals surface area contributed by atoms with E-state index >= 15 is 0 Å². The summed E-state index contributed by atoms with van der Waals surface area (Å²) in [6, 6.07) is 15.0. The lowest BCUT2D eigenvalue weighted by Crippen LogP contribution is -2.48. The number of hydrogen-bond acceptors (Lipinski definition) is 6. The van der Waals surface area contributed by atoms with Crippen molar-refractivity contribution in [2.24, 2.45) is 0 Å². The highest BCUT2D eigenvalue weighted by molar-refractivity contribution is 7.80. The fraction of sp³-hybridized carbons (Fsp3) is 0.320. The van der Waals surface area contributed by atoms with Gasteiger partial charge < -0.3 is 24.2 Å². The number of nitrogens with zero attached hydrogens (tertiary/aromatic N) is 3. The zero-order chi connectivity index (χ0) is 23.7. The molecule has 5 rings (SSSR count). The minimum Gasteiger partial charge on any atom is -0.497 e. The Morgan fingerprint density at radius 2 is 2.06 bits per heavy atom. The Labute approximate surface area is 208 Å². The second-order valence-corrected chi connectivity index (χ2v) is 9.16. The fourth-order valence-electron chi connectivity index (χ4n) is 4.40. The predicted octanol–water partition coefficient (Wildman–Crippen LogP) is 5.24. The number of halogens is 1. The molecule has 3 aromatic rings. The molecular weight excluding hydrogens is 472 g/mol. The highest BCUT2D eigenvalue weighted by Gasteiger charge is 2.35. The van der Waals surface area contributed by atoms with Gasteiger partial charge in [0.15, 0.2) is 5.11 Å². The zero-order valence-electron chi connectivity index (χ0n) is 19.0. The van der Waals surface area contributed by atoms with Crippen molar-refractivity contribution in [3.05, 3.63) is 70.7 Å². The second kappa shape index (κ2) is 9.74. The van der Waals surface area contributed by atoms with Crippen molar-refractivity contribution in [2.75, 3.05) is 20.3 Å². The lowest BCUT2D eigenvalue weighted by molar-refractivity contribution is 0.0962. The van der Waals surface area contributed by atoms with E-state index in [-0.39, 0.29) is 12.1 Å². The molecule has 2 aliphatic rings. The summed E-state index contributed by atoms with van der Waals surface area (Å²) in [5.41, 5.74) is 3.62. The molecule has 1 fully saturated rings. The number of benzene rings is 2. The van der Waals surface area contributed by atoms with Gasteiger partial charge in [-0.15, -0.1) is 0 Å². The molecule has 1 saturated heterocycles. The summed E-state index contributed by atoms with van der Waals surface area (Å²) in [6.45, 7) is 3.49. The van der Waals surface area contributed by atoms with Gasteiger partial charge in [-0.25, -0.2) is 0 Å². The van der Waals surface area contributed by atoms with Crippen LogP contribution in [0.15, 0.2) is 58.8 Å². The molecule has 34 heavy (non-hydrogen) atoms. The minimum atomic E-state index is -0.281. The number of methoxy groups -OCH3 is 1. The van der Waals surface area contributed by atoms with Gasteiger partial charge >= 0.3 is 0 Å². The van der Waals surface area contributed by atoms with Gasteiger partial charge in [-0.2, -0.15) is 4.98 Å². The van der Waals surface area contributed by atoms with Crippen LogP contribution in [0.25, 0.3) is 17.0 Å². The second-order valence-electron chi connectivity index (χ2n) is 8.33. The Hall–Kier alpha value is -2.94. The Bertz CT molecular complexity index is 1220. The van der Waals surface area contributed by atoms with Gasteiger partial charge in [0.05, 0.1) is 31.4 Å². The maximum absolute atomic E-state index is 6.32. The van der Waals surface area contributed by atoms with Crippen LogP contribution in [-0.2, 0) is 4.74 Å². The molecule has 0 radical (unpaired) electrons. The molecule has 9 heteroatoms. The average Bonchev–Trinajstić information content (AvgIpc) is 3.54. The molecule has 0 amide bonds. The standard InChI is InChI=1S/C25H25ClN4O3S/c1-15-21(24-28-23(29-33-24)16-8-10-19(31-2)11-9-16)22(17-5-3-6-18(26)13-17)27-25(34)30(15)14-20-7-4-12-32-20/h3,5-6,8-11,13,20,22H,4,7,12,14H2,1-2H3,(H,27,34). The van der Waals surface area contributed by atoms with Crippen molar-refractivity contribution in [3.8, 4) is 17.1 Å². The molecule has 1 aromatic heterocycles. The van der Waals surface area contributed by atoms with Crippen LogP contribution in [0.2, 0.25) is 5.02 Å². The largest absolute Gasteiger partial charge is 0.497 e. The van der Waals surface area contributed by atoms with Gasteiger partial charge in [-0.3, -0.25) is 0 Å². The van der Waals surface area contributed by atoms with Crippen LogP contribution in [0.3, 0.4) is 0 Å². The highest BCUT2D eigenvalue weighted by Crippen LogP contribution is 2.38. The molecule has 1 N–H and O–H groups in total. The quantitative estimate of drug-likeness (QED) is 0.464. The lowest BCUT2D eigenvalue weighted by Gasteiger charge is -2.38. The van der Waals surface area contributed by atoms with Gasteiger partial charge in [0, 0.05) is 22.9 Å². The van der Waals surface area contributed by atoms with Crippen molar-refractivity contribution in [1.82, 2.24) is 20.4 Å². The van der Waals surface area contributed by atoms with E-state index in [1.165, 1.54) is 0 Å². The predicted molar refractivity (Wildman–Crippen MR) is 134 cm³/mol. The Morgan fingerprint density at radius 3 is 2.76 bits per heavy atom. The summed E-state index contributed by atoms with van der Waals surface area (Å²) in [5.74, 6) is 1.70. The molecule has 3 heterocycles. The van der Waals surface area contributed by atoms with E-state index < -0.39 is 0 Å². The third-order valence-corrected chi connectivity index (χ3v) is 6.77. The van der Waals surface area contributed by atoms with E-state index in [0.29, 0.717) is 28.4 Å². The summed E-state index contributed by atoms with van der Waals surface area (Å²) in [4.78, 5) is 6.82. The number of aromatic nitrogens is 2. The van der Waals surface area contributed by atoms with Gasteiger partial charge in [0.1, 0.15) is 5.75 Å². The third-order valence-electron chi connectivity index (χ3n) is 6.19. The van der Waals surface area contributed by atoms with Crippen molar-refractivity contribution >= 4 is 34.5 Å².